The van der Waals surface area contributed by atoms with E-state index in [-0.39, 0.29) is 23.3 Å². The summed E-state index contributed by atoms with van der Waals surface area (Å²) in [5.41, 5.74) is 6.18. The van der Waals surface area contributed by atoms with Crippen molar-refractivity contribution in [1.82, 2.24) is 9.97 Å². The van der Waals surface area contributed by atoms with Crippen molar-refractivity contribution in [3.63, 3.8) is 0 Å². The maximum Gasteiger partial charge on any atom is 0.329 e. The molecule has 1 heterocycles. The van der Waals surface area contributed by atoms with Crippen LogP contribution in [-0.2, 0) is 0 Å². The zero-order valence-electron chi connectivity index (χ0n) is 9.92. The van der Waals surface area contributed by atoms with Gasteiger partial charge in [-0.25, -0.2) is 9.37 Å². The Balaban J connectivity index is 2.42. The standard InChI is InChI=1S/C11H10FN5O2/c1-6-4-7(12)2-3-8(6)15-10-9(17(18)19)5-14-11(13)16-10/h2-5H,1H3,(H3,13,14,15,16). The van der Waals surface area contributed by atoms with Crippen molar-refractivity contribution >= 4 is 23.1 Å². The Hall–Kier alpha value is -2.77. The second kappa shape index (κ2) is 4.84. The molecule has 0 bridgehead atoms. The van der Waals surface area contributed by atoms with Crippen LogP contribution in [0.2, 0.25) is 0 Å². The Morgan fingerprint density at radius 1 is 1.47 bits per heavy atom. The fourth-order valence-electron chi connectivity index (χ4n) is 1.51. The molecule has 0 aliphatic heterocycles. The van der Waals surface area contributed by atoms with Gasteiger partial charge in [0.2, 0.25) is 11.8 Å². The molecule has 0 atom stereocenters. The molecule has 0 amide bonds. The molecule has 3 N–H and O–H groups in total. The molecule has 8 heteroatoms. The second-order valence-electron chi connectivity index (χ2n) is 3.80. The van der Waals surface area contributed by atoms with Crippen LogP contribution in [0.4, 0.5) is 27.5 Å². The largest absolute Gasteiger partial charge is 0.368 e. The molecule has 0 radical (unpaired) electrons. The van der Waals surface area contributed by atoms with E-state index < -0.39 is 4.92 Å². The second-order valence-corrected chi connectivity index (χ2v) is 3.80. The highest BCUT2D eigenvalue weighted by Gasteiger charge is 2.17. The molecule has 1 aromatic heterocycles. The first-order valence-electron chi connectivity index (χ1n) is 5.27. The van der Waals surface area contributed by atoms with E-state index in [1.54, 1.807) is 6.92 Å². The van der Waals surface area contributed by atoms with Gasteiger partial charge in [-0.1, -0.05) is 0 Å². The Morgan fingerprint density at radius 3 is 2.84 bits per heavy atom. The summed E-state index contributed by atoms with van der Waals surface area (Å²) in [5.74, 6) is -0.514. The number of rotatable bonds is 3. The quantitative estimate of drug-likeness (QED) is 0.649. The monoisotopic (exact) mass is 263 g/mol. The van der Waals surface area contributed by atoms with Crippen molar-refractivity contribution in [2.45, 2.75) is 6.92 Å². The molecule has 7 nitrogen and oxygen atoms in total. The number of nitrogens with zero attached hydrogens (tertiary/aromatic N) is 3. The number of hydrogen-bond donors (Lipinski definition) is 2. The van der Waals surface area contributed by atoms with E-state index in [0.29, 0.717) is 11.3 Å². The third kappa shape index (κ3) is 2.73. The number of nitrogens with two attached hydrogens (primary N) is 1. The van der Waals surface area contributed by atoms with Crippen molar-refractivity contribution in [3.8, 4) is 0 Å². The number of halogens is 1. The third-order valence-corrected chi connectivity index (χ3v) is 2.43. The van der Waals surface area contributed by atoms with Crippen LogP contribution in [0.15, 0.2) is 24.4 Å². The highest BCUT2D eigenvalue weighted by atomic mass is 19.1. The molecule has 0 aliphatic carbocycles. The van der Waals surface area contributed by atoms with E-state index in [0.717, 1.165) is 6.20 Å². The predicted molar refractivity (Wildman–Crippen MR) is 67.5 cm³/mol. The molecule has 2 aromatic rings. The lowest BCUT2D eigenvalue weighted by atomic mass is 10.2. The summed E-state index contributed by atoms with van der Waals surface area (Å²) in [6.07, 6.45) is 1.02. The molecule has 0 spiro atoms. The molecule has 0 fully saturated rings. The van der Waals surface area contributed by atoms with Gasteiger partial charge in [-0.15, -0.1) is 0 Å². The van der Waals surface area contributed by atoms with Gasteiger partial charge in [0.1, 0.15) is 12.0 Å². The summed E-state index contributed by atoms with van der Waals surface area (Å²) < 4.78 is 13.0. The minimum absolute atomic E-state index is 0.0350. The first-order valence-corrected chi connectivity index (χ1v) is 5.27. The molecule has 0 saturated carbocycles. The average molecular weight is 263 g/mol. The normalized spacial score (nSPS) is 10.2. The lowest BCUT2D eigenvalue weighted by Crippen LogP contribution is -2.04. The Kier molecular flexibility index (Phi) is 3.23. The van der Waals surface area contributed by atoms with Gasteiger partial charge in [-0.05, 0) is 30.7 Å². The van der Waals surface area contributed by atoms with Gasteiger partial charge in [0.25, 0.3) is 0 Å². The fraction of sp³-hybridized carbons (Fsp3) is 0.0909. The number of nitrogens with one attached hydrogen (secondary N) is 1. The van der Waals surface area contributed by atoms with Crippen LogP contribution in [0, 0.1) is 22.9 Å². The molecule has 19 heavy (non-hydrogen) atoms. The Morgan fingerprint density at radius 2 is 2.21 bits per heavy atom. The van der Waals surface area contributed by atoms with Crippen molar-refractivity contribution in [1.29, 1.82) is 0 Å². The third-order valence-electron chi connectivity index (χ3n) is 2.43. The Labute approximate surface area is 107 Å². The van der Waals surface area contributed by atoms with Crippen molar-refractivity contribution in [3.05, 3.63) is 45.9 Å². The summed E-state index contributed by atoms with van der Waals surface area (Å²) in [7, 11) is 0. The topological polar surface area (TPSA) is 107 Å². The molecular weight excluding hydrogens is 253 g/mol. The molecule has 1 aromatic carbocycles. The van der Waals surface area contributed by atoms with Crippen LogP contribution in [0.5, 0.6) is 0 Å². The van der Waals surface area contributed by atoms with Crippen molar-refractivity contribution in [2.75, 3.05) is 11.1 Å². The molecule has 0 unspecified atom stereocenters. The average Bonchev–Trinajstić information content (AvgIpc) is 2.32. The molecule has 2 rings (SSSR count). The smallest absolute Gasteiger partial charge is 0.329 e. The summed E-state index contributed by atoms with van der Waals surface area (Å²) in [5, 5.41) is 13.6. The minimum atomic E-state index is -0.624. The number of nitro groups is 1. The Bertz CT molecular complexity index is 647. The van der Waals surface area contributed by atoms with E-state index in [1.807, 2.05) is 0 Å². The summed E-state index contributed by atoms with van der Waals surface area (Å²) in [6, 6.07) is 4.01. The van der Waals surface area contributed by atoms with Gasteiger partial charge < -0.3 is 11.1 Å². The zero-order valence-corrected chi connectivity index (χ0v) is 9.92. The number of hydrogen-bond acceptors (Lipinski definition) is 6. The lowest BCUT2D eigenvalue weighted by molar-refractivity contribution is -0.384. The van der Waals surface area contributed by atoms with Crippen LogP contribution in [0.1, 0.15) is 5.56 Å². The summed E-state index contributed by atoms with van der Waals surface area (Å²) in [4.78, 5) is 17.6. The van der Waals surface area contributed by atoms with Crippen LogP contribution in [-0.4, -0.2) is 14.9 Å². The lowest BCUT2D eigenvalue weighted by Gasteiger charge is -2.09. The summed E-state index contributed by atoms with van der Waals surface area (Å²) in [6.45, 7) is 1.67. The van der Waals surface area contributed by atoms with E-state index in [1.165, 1.54) is 18.2 Å². The van der Waals surface area contributed by atoms with Gasteiger partial charge >= 0.3 is 5.69 Å². The highest BCUT2D eigenvalue weighted by Crippen LogP contribution is 2.27. The van der Waals surface area contributed by atoms with E-state index in [2.05, 4.69) is 15.3 Å². The summed E-state index contributed by atoms with van der Waals surface area (Å²) >= 11 is 0. The van der Waals surface area contributed by atoms with Crippen LogP contribution in [0.3, 0.4) is 0 Å². The molecule has 0 aliphatic rings. The SMILES string of the molecule is Cc1cc(F)ccc1Nc1nc(N)ncc1[N+](=O)[O-]. The van der Waals surface area contributed by atoms with E-state index in [9.17, 15) is 14.5 Å². The molecule has 98 valence electrons. The maximum absolute atomic E-state index is 13.0. The van der Waals surface area contributed by atoms with E-state index in [4.69, 9.17) is 5.73 Å². The van der Waals surface area contributed by atoms with Gasteiger partial charge in [0.15, 0.2) is 0 Å². The first-order chi connectivity index (χ1) is 8.97. The van der Waals surface area contributed by atoms with Crippen LogP contribution >= 0.6 is 0 Å². The van der Waals surface area contributed by atoms with E-state index >= 15 is 0 Å². The zero-order chi connectivity index (χ0) is 14.0. The molecule has 0 saturated heterocycles. The number of aromatic nitrogens is 2. The van der Waals surface area contributed by atoms with Crippen molar-refractivity contribution in [2.24, 2.45) is 0 Å². The fourth-order valence-corrected chi connectivity index (χ4v) is 1.51. The van der Waals surface area contributed by atoms with Gasteiger partial charge in [0.05, 0.1) is 4.92 Å². The van der Waals surface area contributed by atoms with Crippen LogP contribution in [0.25, 0.3) is 0 Å². The highest BCUT2D eigenvalue weighted by molar-refractivity contribution is 5.67. The minimum Gasteiger partial charge on any atom is -0.368 e. The number of aryl methyl sites for hydroxylation is 1. The van der Waals surface area contributed by atoms with Gasteiger partial charge in [-0.3, -0.25) is 10.1 Å². The first kappa shape index (κ1) is 12.7. The number of anilines is 3. The van der Waals surface area contributed by atoms with Gasteiger partial charge in [-0.2, -0.15) is 4.98 Å². The maximum atomic E-state index is 13.0. The number of benzene rings is 1. The molecular formula is C11H10FN5O2. The number of nitrogen functional groups attached to an aromatic ring is 1. The van der Waals surface area contributed by atoms with Crippen molar-refractivity contribution < 1.29 is 9.31 Å². The predicted octanol–water partition coefficient (Wildman–Crippen LogP) is 2.16. The van der Waals surface area contributed by atoms with Crippen LogP contribution < -0.4 is 11.1 Å². The van der Waals surface area contributed by atoms with Gasteiger partial charge in [0, 0.05) is 5.69 Å².